The van der Waals surface area contributed by atoms with Gasteiger partial charge in [0.15, 0.2) is 0 Å². The Morgan fingerprint density at radius 1 is 1.08 bits per heavy atom. The summed E-state index contributed by atoms with van der Waals surface area (Å²) >= 11 is 0. The van der Waals surface area contributed by atoms with Crippen LogP contribution in [-0.2, 0) is 14.4 Å². The lowest BCUT2D eigenvalue weighted by atomic mass is 10.1. The highest BCUT2D eigenvalue weighted by Gasteiger charge is 2.33. The number of amides is 3. The van der Waals surface area contributed by atoms with Crippen molar-refractivity contribution in [2.75, 3.05) is 42.5 Å². The van der Waals surface area contributed by atoms with E-state index in [0.29, 0.717) is 13.0 Å². The van der Waals surface area contributed by atoms with Gasteiger partial charge >= 0.3 is 0 Å². The Kier molecular flexibility index (Phi) is 5.44. The molecule has 0 radical (unpaired) electrons. The average Bonchev–Trinajstić information content (AvgIpc) is 3.04. The van der Waals surface area contributed by atoms with Crippen molar-refractivity contribution in [2.45, 2.75) is 26.2 Å². The first-order valence-corrected chi connectivity index (χ1v) is 9.22. The van der Waals surface area contributed by atoms with E-state index in [1.807, 2.05) is 36.1 Å². The number of hydrogen-bond acceptors (Lipinski definition) is 4. The minimum Gasteiger partial charge on any atom is -0.369 e. The molecule has 2 aliphatic heterocycles. The lowest BCUT2D eigenvalue weighted by Crippen LogP contribution is -2.48. The van der Waals surface area contributed by atoms with E-state index in [9.17, 15) is 14.4 Å². The molecule has 2 N–H and O–H groups in total. The molecule has 2 saturated heterocycles. The Morgan fingerprint density at radius 2 is 1.69 bits per heavy atom. The summed E-state index contributed by atoms with van der Waals surface area (Å²) in [5.74, 6) is -0.660. The second-order valence-corrected chi connectivity index (χ2v) is 6.94. The molecule has 1 aromatic carbocycles. The Labute approximate surface area is 153 Å². The molecule has 1 aromatic rings. The van der Waals surface area contributed by atoms with E-state index in [1.54, 1.807) is 4.90 Å². The number of nitrogens with two attached hydrogens (primary N) is 1. The van der Waals surface area contributed by atoms with Crippen LogP contribution in [-0.4, -0.2) is 55.3 Å². The van der Waals surface area contributed by atoms with Gasteiger partial charge in [-0.15, -0.1) is 0 Å². The summed E-state index contributed by atoms with van der Waals surface area (Å²) < 4.78 is 0. The predicted octanol–water partition coefficient (Wildman–Crippen LogP) is 0.974. The van der Waals surface area contributed by atoms with Gasteiger partial charge in [0.2, 0.25) is 17.7 Å². The van der Waals surface area contributed by atoms with Crippen LogP contribution in [0.25, 0.3) is 0 Å². The first-order valence-electron chi connectivity index (χ1n) is 9.22. The molecule has 7 nitrogen and oxygen atoms in total. The van der Waals surface area contributed by atoms with Crippen LogP contribution < -0.4 is 15.5 Å². The molecule has 0 aromatic heterocycles. The molecule has 0 unspecified atom stereocenters. The van der Waals surface area contributed by atoms with Gasteiger partial charge in [-0.05, 0) is 30.7 Å². The highest BCUT2D eigenvalue weighted by Crippen LogP contribution is 2.27. The van der Waals surface area contributed by atoms with Crippen LogP contribution >= 0.6 is 0 Å². The monoisotopic (exact) mass is 358 g/mol. The van der Waals surface area contributed by atoms with Crippen molar-refractivity contribution < 1.29 is 14.4 Å². The predicted molar refractivity (Wildman–Crippen MR) is 99.8 cm³/mol. The van der Waals surface area contributed by atoms with Crippen molar-refractivity contribution in [3.63, 3.8) is 0 Å². The molecule has 0 saturated carbocycles. The van der Waals surface area contributed by atoms with Gasteiger partial charge in [0, 0.05) is 56.9 Å². The maximum atomic E-state index is 12.1. The first-order chi connectivity index (χ1) is 12.5. The molecule has 0 aliphatic carbocycles. The molecule has 3 rings (SSSR count). The molecule has 2 fully saturated rings. The second kappa shape index (κ2) is 7.76. The number of primary amides is 1. The standard InChI is InChI=1S/C19H26N4O3/c1-2-3-17(24)22-10-8-21(9-11-22)15-4-6-16(7-5-15)23-13-14(19(20)26)12-18(23)25/h4-7,14H,2-3,8-13H2,1H3,(H2,20,26)/t14-/m1/s1. The summed E-state index contributed by atoms with van der Waals surface area (Å²) in [5.41, 5.74) is 7.19. The van der Waals surface area contributed by atoms with Crippen LogP contribution in [0.3, 0.4) is 0 Å². The Balaban J connectivity index is 1.60. The Morgan fingerprint density at radius 3 is 2.23 bits per heavy atom. The van der Waals surface area contributed by atoms with Gasteiger partial charge in [0.05, 0.1) is 5.92 Å². The summed E-state index contributed by atoms with van der Waals surface area (Å²) in [4.78, 5) is 41.2. The van der Waals surface area contributed by atoms with Crippen molar-refractivity contribution in [3.8, 4) is 0 Å². The van der Waals surface area contributed by atoms with Gasteiger partial charge in [-0.2, -0.15) is 0 Å². The molecule has 3 amide bonds. The molecule has 26 heavy (non-hydrogen) atoms. The van der Waals surface area contributed by atoms with E-state index in [4.69, 9.17) is 5.73 Å². The van der Waals surface area contributed by atoms with Crippen molar-refractivity contribution in [3.05, 3.63) is 24.3 Å². The van der Waals surface area contributed by atoms with E-state index in [-0.39, 0.29) is 18.2 Å². The molecule has 2 heterocycles. The van der Waals surface area contributed by atoms with E-state index < -0.39 is 11.8 Å². The molecule has 140 valence electrons. The third kappa shape index (κ3) is 3.81. The number of rotatable bonds is 5. The van der Waals surface area contributed by atoms with Crippen LogP contribution in [0.4, 0.5) is 11.4 Å². The number of carbonyl (C=O) groups excluding carboxylic acids is 3. The van der Waals surface area contributed by atoms with Gasteiger partial charge in [0.1, 0.15) is 0 Å². The highest BCUT2D eigenvalue weighted by molar-refractivity contribution is 6.00. The summed E-state index contributed by atoms with van der Waals surface area (Å²) in [6.45, 7) is 5.47. The normalized spacial score (nSPS) is 20.6. The maximum Gasteiger partial charge on any atom is 0.227 e. The average molecular weight is 358 g/mol. The Hall–Kier alpha value is -2.57. The lowest BCUT2D eigenvalue weighted by molar-refractivity contribution is -0.131. The van der Waals surface area contributed by atoms with Crippen LogP contribution in [0.1, 0.15) is 26.2 Å². The van der Waals surface area contributed by atoms with E-state index in [1.165, 1.54) is 0 Å². The summed E-state index contributed by atoms with van der Waals surface area (Å²) in [7, 11) is 0. The van der Waals surface area contributed by atoms with E-state index in [2.05, 4.69) is 4.90 Å². The van der Waals surface area contributed by atoms with Gasteiger partial charge in [0.25, 0.3) is 0 Å². The van der Waals surface area contributed by atoms with Crippen LogP contribution in [0.15, 0.2) is 24.3 Å². The van der Waals surface area contributed by atoms with Gasteiger partial charge < -0.3 is 20.4 Å². The molecule has 0 bridgehead atoms. The van der Waals surface area contributed by atoms with Crippen molar-refractivity contribution in [2.24, 2.45) is 11.7 Å². The second-order valence-electron chi connectivity index (χ2n) is 6.94. The first kappa shape index (κ1) is 18.2. The highest BCUT2D eigenvalue weighted by atomic mass is 16.2. The van der Waals surface area contributed by atoms with Crippen LogP contribution in [0.5, 0.6) is 0 Å². The fourth-order valence-corrected chi connectivity index (χ4v) is 3.58. The zero-order chi connectivity index (χ0) is 18.7. The third-order valence-electron chi connectivity index (χ3n) is 5.15. The number of piperazine rings is 1. The summed E-state index contributed by atoms with van der Waals surface area (Å²) in [5, 5.41) is 0. The number of hydrogen-bond donors (Lipinski definition) is 1. The SMILES string of the molecule is CCCC(=O)N1CCN(c2ccc(N3C[C@H](C(N)=O)CC3=O)cc2)CC1. The fraction of sp³-hybridized carbons (Fsp3) is 0.526. The zero-order valence-electron chi connectivity index (χ0n) is 15.2. The van der Waals surface area contributed by atoms with Gasteiger partial charge in [-0.3, -0.25) is 14.4 Å². The number of carbonyl (C=O) groups is 3. The van der Waals surface area contributed by atoms with Gasteiger partial charge in [-0.25, -0.2) is 0 Å². The zero-order valence-corrected chi connectivity index (χ0v) is 15.2. The van der Waals surface area contributed by atoms with Crippen molar-refractivity contribution >= 4 is 29.1 Å². The maximum absolute atomic E-state index is 12.1. The quantitative estimate of drug-likeness (QED) is 0.850. The molecule has 1 atom stereocenters. The molecular formula is C19H26N4O3. The van der Waals surface area contributed by atoms with Crippen molar-refractivity contribution in [1.82, 2.24) is 4.90 Å². The topological polar surface area (TPSA) is 86.9 Å². The van der Waals surface area contributed by atoms with E-state index >= 15 is 0 Å². The number of benzene rings is 1. The molecule has 0 spiro atoms. The van der Waals surface area contributed by atoms with Crippen molar-refractivity contribution in [1.29, 1.82) is 0 Å². The summed E-state index contributed by atoms with van der Waals surface area (Å²) in [6.07, 6.45) is 1.68. The minimum absolute atomic E-state index is 0.0652. The molecule has 7 heteroatoms. The van der Waals surface area contributed by atoms with Crippen LogP contribution in [0, 0.1) is 5.92 Å². The molecular weight excluding hydrogens is 332 g/mol. The molecule has 2 aliphatic rings. The summed E-state index contributed by atoms with van der Waals surface area (Å²) in [6, 6.07) is 7.80. The lowest BCUT2D eigenvalue weighted by Gasteiger charge is -2.36. The van der Waals surface area contributed by atoms with E-state index in [0.717, 1.165) is 44.0 Å². The number of anilines is 2. The fourth-order valence-electron chi connectivity index (χ4n) is 3.58. The smallest absolute Gasteiger partial charge is 0.227 e. The van der Waals surface area contributed by atoms with Crippen LogP contribution in [0.2, 0.25) is 0 Å². The Bertz CT molecular complexity index is 681. The minimum atomic E-state index is -0.423. The third-order valence-corrected chi connectivity index (χ3v) is 5.15. The number of nitrogens with zero attached hydrogens (tertiary/aromatic N) is 3. The largest absolute Gasteiger partial charge is 0.369 e. The van der Waals surface area contributed by atoms with Gasteiger partial charge in [-0.1, -0.05) is 6.92 Å².